The molecule has 0 radical (unpaired) electrons. The third-order valence-corrected chi connectivity index (χ3v) is 4.52. The van der Waals surface area contributed by atoms with E-state index in [1.165, 1.54) is 24.0 Å². The van der Waals surface area contributed by atoms with Crippen LogP contribution in [-0.2, 0) is 17.6 Å². The van der Waals surface area contributed by atoms with E-state index in [0.29, 0.717) is 0 Å². The number of rotatable bonds is 4. The Kier molecular flexibility index (Phi) is 4.89. The zero-order valence-electron chi connectivity index (χ0n) is 14.7. The minimum atomic E-state index is -0.528. The van der Waals surface area contributed by atoms with Crippen molar-refractivity contribution in [3.8, 4) is 5.75 Å². The fourth-order valence-corrected chi connectivity index (χ4v) is 3.39. The molecule has 1 atom stereocenters. The van der Waals surface area contributed by atoms with Crippen LogP contribution < -0.4 is 10.1 Å². The summed E-state index contributed by atoms with van der Waals surface area (Å²) in [5.41, 5.74) is 5.73. The van der Waals surface area contributed by atoms with Gasteiger partial charge in [-0.15, -0.1) is 0 Å². The van der Waals surface area contributed by atoms with Crippen molar-refractivity contribution >= 4 is 11.6 Å². The molecule has 3 heteroatoms. The summed E-state index contributed by atoms with van der Waals surface area (Å²) in [6.07, 6.45) is 4.04. The van der Waals surface area contributed by atoms with Gasteiger partial charge in [0.2, 0.25) is 0 Å². The van der Waals surface area contributed by atoms with Crippen LogP contribution in [0.4, 0.5) is 5.69 Å². The van der Waals surface area contributed by atoms with Crippen molar-refractivity contribution < 1.29 is 9.53 Å². The molecule has 3 rings (SSSR count). The number of amides is 1. The molecule has 2 aromatic rings. The number of aryl methyl sites for hydroxylation is 3. The molecule has 0 heterocycles. The molecule has 1 amide bonds. The van der Waals surface area contributed by atoms with Gasteiger partial charge >= 0.3 is 0 Å². The van der Waals surface area contributed by atoms with Crippen LogP contribution in [0.5, 0.6) is 5.75 Å². The minimum absolute atomic E-state index is 0.117. The van der Waals surface area contributed by atoms with Crippen molar-refractivity contribution in [3.05, 3.63) is 58.7 Å². The number of ether oxygens (including phenoxy) is 1. The van der Waals surface area contributed by atoms with Gasteiger partial charge in [0.15, 0.2) is 6.10 Å². The monoisotopic (exact) mass is 323 g/mol. The van der Waals surface area contributed by atoms with Crippen LogP contribution in [0.3, 0.4) is 0 Å². The Morgan fingerprint density at radius 1 is 1.08 bits per heavy atom. The minimum Gasteiger partial charge on any atom is -0.481 e. The molecule has 126 valence electrons. The summed E-state index contributed by atoms with van der Waals surface area (Å²) in [6.45, 7) is 5.86. The summed E-state index contributed by atoms with van der Waals surface area (Å²) >= 11 is 0. The summed E-state index contributed by atoms with van der Waals surface area (Å²) < 4.78 is 6.00. The van der Waals surface area contributed by atoms with Gasteiger partial charge in [0.25, 0.3) is 5.91 Å². The van der Waals surface area contributed by atoms with Crippen LogP contribution in [0.1, 0.15) is 42.0 Å². The summed E-state index contributed by atoms with van der Waals surface area (Å²) in [7, 11) is 0. The van der Waals surface area contributed by atoms with E-state index in [9.17, 15) is 4.79 Å². The highest BCUT2D eigenvalue weighted by Crippen LogP contribution is 2.30. The Hall–Kier alpha value is -2.29. The number of hydrogen-bond donors (Lipinski definition) is 1. The van der Waals surface area contributed by atoms with Gasteiger partial charge in [-0.1, -0.05) is 18.2 Å². The molecule has 1 unspecified atom stereocenters. The number of carbonyl (C=O) groups excluding carboxylic acids is 1. The van der Waals surface area contributed by atoms with Gasteiger partial charge in [0.1, 0.15) is 5.75 Å². The highest BCUT2D eigenvalue weighted by Gasteiger charge is 2.19. The first kappa shape index (κ1) is 16.6. The standard InChI is InChI=1S/C21H25NO2/c1-14-11-15(2)13-18(12-14)22-21(23)16(3)24-20-10-6-8-17-7-4-5-9-19(17)20/h6,8,10-13,16H,4-5,7,9H2,1-3H3,(H,22,23). The molecule has 0 saturated heterocycles. The lowest BCUT2D eigenvalue weighted by molar-refractivity contribution is -0.122. The van der Waals surface area contributed by atoms with Crippen LogP contribution in [-0.4, -0.2) is 12.0 Å². The van der Waals surface area contributed by atoms with Gasteiger partial charge < -0.3 is 10.1 Å². The second-order valence-electron chi connectivity index (χ2n) is 6.73. The van der Waals surface area contributed by atoms with E-state index in [2.05, 4.69) is 17.4 Å². The van der Waals surface area contributed by atoms with Crippen molar-refractivity contribution in [2.24, 2.45) is 0 Å². The maximum absolute atomic E-state index is 12.5. The normalized spacial score (nSPS) is 14.6. The zero-order chi connectivity index (χ0) is 17.1. The summed E-state index contributed by atoms with van der Waals surface area (Å²) in [5.74, 6) is 0.740. The number of nitrogens with one attached hydrogen (secondary N) is 1. The van der Waals surface area contributed by atoms with E-state index in [1.807, 2.05) is 38.1 Å². The first-order chi connectivity index (χ1) is 11.5. The highest BCUT2D eigenvalue weighted by atomic mass is 16.5. The van der Waals surface area contributed by atoms with Gasteiger partial charge in [0, 0.05) is 5.69 Å². The molecule has 2 aromatic carbocycles. The molecule has 3 nitrogen and oxygen atoms in total. The van der Waals surface area contributed by atoms with Gasteiger partial charge in [-0.05, 0) is 86.9 Å². The predicted octanol–water partition coefficient (Wildman–Crippen LogP) is 4.59. The first-order valence-electron chi connectivity index (χ1n) is 8.69. The fraction of sp³-hybridized carbons (Fsp3) is 0.381. The van der Waals surface area contributed by atoms with E-state index in [1.54, 1.807) is 6.92 Å². The SMILES string of the molecule is Cc1cc(C)cc(NC(=O)C(C)Oc2cccc3c2CCCC3)c1. The van der Waals surface area contributed by atoms with Crippen LogP contribution in [0, 0.1) is 13.8 Å². The van der Waals surface area contributed by atoms with E-state index >= 15 is 0 Å². The number of anilines is 1. The van der Waals surface area contributed by atoms with E-state index in [4.69, 9.17) is 4.74 Å². The third-order valence-electron chi connectivity index (χ3n) is 4.52. The molecule has 1 aliphatic carbocycles. The van der Waals surface area contributed by atoms with Gasteiger partial charge in [-0.3, -0.25) is 4.79 Å². The highest BCUT2D eigenvalue weighted by molar-refractivity contribution is 5.94. The average molecular weight is 323 g/mol. The molecule has 1 N–H and O–H groups in total. The molecule has 24 heavy (non-hydrogen) atoms. The number of carbonyl (C=O) groups is 1. The smallest absolute Gasteiger partial charge is 0.265 e. The maximum Gasteiger partial charge on any atom is 0.265 e. The summed E-state index contributed by atoms with van der Waals surface area (Å²) in [5, 5.41) is 2.96. The molecule has 0 aliphatic heterocycles. The Labute approximate surface area is 144 Å². The van der Waals surface area contributed by atoms with Crippen molar-refractivity contribution in [2.45, 2.75) is 52.6 Å². The molecule has 0 saturated carbocycles. The second kappa shape index (κ2) is 7.08. The topological polar surface area (TPSA) is 38.3 Å². The molecule has 0 bridgehead atoms. The quantitative estimate of drug-likeness (QED) is 0.894. The van der Waals surface area contributed by atoms with E-state index in [0.717, 1.165) is 35.4 Å². The average Bonchev–Trinajstić information content (AvgIpc) is 2.54. The number of hydrogen-bond acceptors (Lipinski definition) is 2. The number of fused-ring (bicyclic) bond motifs is 1. The summed E-state index contributed by atoms with van der Waals surface area (Å²) in [4.78, 5) is 12.5. The van der Waals surface area contributed by atoms with Crippen LogP contribution in [0.25, 0.3) is 0 Å². The van der Waals surface area contributed by atoms with E-state index in [-0.39, 0.29) is 5.91 Å². The second-order valence-corrected chi connectivity index (χ2v) is 6.73. The van der Waals surface area contributed by atoms with Crippen LogP contribution in [0.15, 0.2) is 36.4 Å². The zero-order valence-corrected chi connectivity index (χ0v) is 14.7. The van der Waals surface area contributed by atoms with Gasteiger partial charge in [-0.25, -0.2) is 0 Å². The van der Waals surface area contributed by atoms with Gasteiger partial charge in [0.05, 0.1) is 0 Å². The van der Waals surface area contributed by atoms with Crippen LogP contribution in [0.2, 0.25) is 0 Å². The van der Waals surface area contributed by atoms with Crippen molar-refractivity contribution in [1.82, 2.24) is 0 Å². The third kappa shape index (κ3) is 3.78. The molecular weight excluding hydrogens is 298 g/mol. The van der Waals surface area contributed by atoms with Crippen molar-refractivity contribution in [3.63, 3.8) is 0 Å². The molecule has 1 aliphatic rings. The first-order valence-corrected chi connectivity index (χ1v) is 8.69. The van der Waals surface area contributed by atoms with E-state index < -0.39 is 6.10 Å². The predicted molar refractivity (Wildman–Crippen MR) is 97.7 cm³/mol. The van der Waals surface area contributed by atoms with Gasteiger partial charge in [-0.2, -0.15) is 0 Å². The molecule has 0 spiro atoms. The van der Waals surface area contributed by atoms with Crippen molar-refractivity contribution in [2.75, 3.05) is 5.32 Å². The molecule has 0 fully saturated rings. The lowest BCUT2D eigenvalue weighted by Crippen LogP contribution is -2.30. The maximum atomic E-state index is 12.5. The number of benzene rings is 2. The Morgan fingerprint density at radius 2 is 1.79 bits per heavy atom. The lowest BCUT2D eigenvalue weighted by atomic mass is 9.91. The Morgan fingerprint density at radius 3 is 2.54 bits per heavy atom. The summed E-state index contributed by atoms with van der Waals surface area (Å²) in [6, 6.07) is 12.2. The van der Waals surface area contributed by atoms with Crippen LogP contribution >= 0.6 is 0 Å². The molecule has 0 aromatic heterocycles. The Balaban J connectivity index is 1.70. The van der Waals surface area contributed by atoms with Crippen molar-refractivity contribution in [1.29, 1.82) is 0 Å². The molecular formula is C21H25NO2. The fourth-order valence-electron chi connectivity index (χ4n) is 3.39. The Bertz CT molecular complexity index is 731. The largest absolute Gasteiger partial charge is 0.481 e. The lowest BCUT2D eigenvalue weighted by Gasteiger charge is -2.22.